The van der Waals surface area contributed by atoms with Gasteiger partial charge in [-0.15, -0.1) is 0 Å². The first-order valence-corrected chi connectivity index (χ1v) is 5.99. The van der Waals surface area contributed by atoms with E-state index in [1.807, 2.05) is 6.07 Å². The summed E-state index contributed by atoms with van der Waals surface area (Å²) in [6.45, 7) is -0.566. The maximum atomic E-state index is 11.6. The zero-order valence-corrected chi connectivity index (χ0v) is 9.12. The van der Waals surface area contributed by atoms with E-state index < -0.39 is 28.0 Å². The van der Waals surface area contributed by atoms with Crippen LogP contribution in [0.4, 0.5) is 0 Å². The molecule has 6 nitrogen and oxygen atoms in total. The van der Waals surface area contributed by atoms with E-state index >= 15 is 0 Å². The van der Waals surface area contributed by atoms with E-state index in [1.165, 1.54) is 7.05 Å². The molecule has 0 amide bonds. The Bertz CT molecular complexity index is 405. The van der Waals surface area contributed by atoms with Crippen LogP contribution < -0.4 is 0 Å². The molecule has 0 radical (unpaired) electrons. The lowest BCUT2D eigenvalue weighted by Gasteiger charge is -2.16. The first-order valence-electron chi connectivity index (χ1n) is 4.38. The molecule has 0 unspecified atom stereocenters. The van der Waals surface area contributed by atoms with Crippen molar-refractivity contribution in [1.82, 2.24) is 4.31 Å². The van der Waals surface area contributed by atoms with Gasteiger partial charge in [0.25, 0.3) is 0 Å². The summed E-state index contributed by atoms with van der Waals surface area (Å²) < 4.78 is 24.0. The molecule has 0 atom stereocenters. The van der Waals surface area contributed by atoms with Crippen molar-refractivity contribution in [3.63, 3.8) is 0 Å². The lowest BCUT2D eigenvalue weighted by Crippen LogP contribution is -2.36. The third-order valence-corrected chi connectivity index (χ3v) is 4.38. The Kier molecular flexibility index (Phi) is 3.02. The molecule has 1 aliphatic rings. The fraction of sp³-hybridized carbons (Fsp3) is 0.750. The van der Waals surface area contributed by atoms with Crippen LogP contribution in [0.2, 0.25) is 0 Å². The molecule has 1 aliphatic carbocycles. The topological polar surface area (TPSA) is 98.5 Å². The Hall–Kier alpha value is -1.13. The van der Waals surface area contributed by atoms with Crippen molar-refractivity contribution < 1.29 is 18.3 Å². The molecule has 15 heavy (non-hydrogen) atoms. The van der Waals surface area contributed by atoms with Crippen LogP contribution in [-0.4, -0.2) is 43.1 Å². The number of carbonyl (C=O) groups is 1. The average Bonchev–Trinajstić information content (AvgIpc) is 2.83. The van der Waals surface area contributed by atoms with Crippen molar-refractivity contribution in [2.75, 3.05) is 19.3 Å². The highest BCUT2D eigenvalue weighted by molar-refractivity contribution is 7.89. The molecule has 0 aromatic carbocycles. The third kappa shape index (κ3) is 2.91. The van der Waals surface area contributed by atoms with Crippen LogP contribution in [0, 0.1) is 16.7 Å². The van der Waals surface area contributed by atoms with Gasteiger partial charge in [0.2, 0.25) is 10.0 Å². The minimum absolute atomic E-state index is 0.278. The molecule has 0 aliphatic heterocycles. The highest BCUT2D eigenvalue weighted by Gasteiger charge is 2.47. The molecule has 0 aromatic rings. The van der Waals surface area contributed by atoms with Gasteiger partial charge < -0.3 is 5.11 Å². The average molecular weight is 232 g/mol. The van der Waals surface area contributed by atoms with Gasteiger partial charge in [0.1, 0.15) is 6.54 Å². The van der Waals surface area contributed by atoms with E-state index in [-0.39, 0.29) is 5.75 Å². The van der Waals surface area contributed by atoms with Crippen molar-refractivity contribution in [2.45, 2.75) is 12.8 Å². The lowest BCUT2D eigenvalue weighted by molar-refractivity contribution is -0.137. The fourth-order valence-electron chi connectivity index (χ4n) is 1.19. The van der Waals surface area contributed by atoms with Crippen molar-refractivity contribution in [3.05, 3.63) is 0 Å². The Balaban J connectivity index is 2.68. The second-order valence-corrected chi connectivity index (χ2v) is 5.87. The van der Waals surface area contributed by atoms with Gasteiger partial charge in [-0.2, -0.15) is 9.57 Å². The van der Waals surface area contributed by atoms with Gasteiger partial charge in [0.15, 0.2) is 0 Å². The van der Waals surface area contributed by atoms with E-state index in [9.17, 15) is 13.2 Å². The van der Waals surface area contributed by atoms with Gasteiger partial charge >= 0.3 is 5.97 Å². The highest BCUT2D eigenvalue weighted by atomic mass is 32.2. The molecule has 0 aromatic heterocycles. The summed E-state index contributed by atoms with van der Waals surface area (Å²) in [5.74, 6) is -1.48. The van der Waals surface area contributed by atoms with Crippen LogP contribution in [0.1, 0.15) is 12.8 Å². The zero-order chi connectivity index (χ0) is 11.7. The van der Waals surface area contributed by atoms with Gasteiger partial charge in [0, 0.05) is 7.05 Å². The van der Waals surface area contributed by atoms with E-state index in [2.05, 4.69) is 0 Å². The van der Waals surface area contributed by atoms with E-state index in [0.29, 0.717) is 12.8 Å². The summed E-state index contributed by atoms with van der Waals surface area (Å²) in [6.07, 6.45) is 1.15. The van der Waals surface area contributed by atoms with Gasteiger partial charge in [-0.05, 0) is 12.8 Å². The van der Waals surface area contributed by atoms with Crippen molar-refractivity contribution in [2.24, 2.45) is 5.41 Å². The summed E-state index contributed by atoms with van der Waals surface area (Å²) in [6, 6.07) is 1.96. The van der Waals surface area contributed by atoms with Crippen molar-refractivity contribution in [3.8, 4) is 6.07 Å². The minimum Gasteiger partial charge on any atom is -0.480 e. The summed E-state index contributed by atoms with van der Waals surface area (Å²) in [5.41, 5.74) is -0.772. The van der Waals surface area contributed by atoms with Gasteiger partial charge in [-0.3, -0.25) is 4.79 Å². The second-order valence-electron chi connectivity index (χ2n) is 3.80. The molecular weight excluding hydrogens is 220 g/mol. The summed E-state index contributed by atoms with van der Waals surface area (Å²) >= 11 is 0. The minimum atomic E-state index is -3.63. The quantitative estimate of drug-likeness (QED) is 0.697. The molecule has 1 fully saturated rings. The number of hydrogen-bond donors (Lipinski definition) is 1. The molecule has 7 heteroatoms. The summed E-state index contributed by atoms with van der Waals surface area (Å²) in [7, 11) is -2.43. The number of nitrogens with zero attached hydrogens (tertiary/aromatic N) is 2. The van der Waals surface area contributed by atoms with Crippen molar-refractivity contribution in [1.29, 1.82) is 5.26 Å². The number of aliphatic carboxylic acids is 1. The molecule has 0 heterocycles. The van der Waals surface area contributed by atoms with Crippen LogP contribution in [0.15, 0.2) is 0 Å². The van der Waals surface area contributed by atoms with Gasteiger partial charge in [-0.25, -0.2) is 8.42 Å². The molecule has 1 N–H and O–H groups in total. The Labute approximate surface area is 88.2 Å². The Morgan fingerprint density at radius 1 is 1.60 bits per heavy atom. The van der Waals surface area contributed by atoms with Crippen LogP contribution >= 0.6 is 0 Å². The number of hydrogen-bond acceptors (Lipinski definition) is 4. The maximum Gasteiger partial charge on any atom is 0.318 e. The van der Waals surface area contributed by atoms with Crippen LogP contribution in [-0.2, 0) is 14.8 Å². The number of nitriles is 1. The SMILES string of the molecule is CN(CC(=O)O)S(=O)(=O)CC1(C#N)CC1. The molecule has 0 saturated heterocycles. The van der Waals surface area contributed by atoms with E-state index in [0.717, 1.165) is 4.31 Å². The maximum absolute atomic E-state index is 11.6. The molecule has 0 bridgehead atoms. The number of likely N-dealkylation sites (N-methyl/N-ethyl adjacent to an activating group) is 1. The Morgan fingerprint density at radius 2 is 2.13 bits per heavy atom. The van der Waals surface area contributed by atoms with Gasteiger partial charge in [-0.1, -0.05) is 0 Å². The number of carboxylic acid groups (broad SMARTS) is 1. The predicted octanol–water partition coefficient (Wildman–Crippen LogP) is -0.364. The fourth-order valence-corrected chi connectivity index (χ4v) is 2.77. The largest absolute Gasteiger partial charge is 0.480 e. The number of rotatable bonds is 5. The van der Waals surface area contributed by atoms with Crippen molar-refractivity contribution >= 4 is 16.0 Å². The standard InChI is InChI=1S/C8H12N2O4S/c1-10(4-7(11)12)15(13,14)6-8(5-9)2-3-8/h2-4,6H2,1H3,(H,11,12). The summed E-state index contributed by atoms with van der Waals surface area (Å²) in [4.78, 5) is 10.3. The molecule has 1 rings (SSSR count). The van der Waals surface area contributed by atoms with Crippen LogP contribution in [0.5, 0.6) is 0 Å². The lowest BCUT2D eigenvalue weighted by atomic mass is 10.2. The van der Waals surface area contributed by atoms with Crippen LogP contribution in [0.3, 0.4) is 0 Å². The second kappa shape index (κ2) is 3.79. The Morgan fingerprint density at radius 3 is 2.47 bits per heavy atom. The highest BCUT2D eigenvalue weighted by Crippen LogP contribution is 2.46. The first-order chi connectivity index (χ1) is 6.81. The smallest absolute Gasteiger partial charge is 0.318 e. The molecule has 0 spiro atoms. The number of sulfonamides is 1. The number of carboxylic acids is 1. The third-order valence-electron chi connectivity index (χ3n) is 2.38. The van der Waals surface area contributed by atoms with Crippen LogP contribution in [0.25, 0.3) is 0 Å². The normalized spacial score (nSPS) is 18.5. The van der Waals surface area contributed by atoms with E-state index in [1.54, 1.807) is 0 Å². The molecular formula is C8H12N2O4S. The van der Waals surface area contributed by atoms with Gasteiger partial charge in [0.05, 0.1) is 17.2 Å². The predicted molar refractivity (Wildman–Crippen MR) is 51.3 cm³/mol. The first kappa shape index (κ1) is 11.9. The van der Waals surface area contributed by atoms with E-state index in [4.69, 9.17) is 10.4 Å². The zero-order valence-electron chi connectivity index (χ0n) is 8.30. The molecule has 84 valence electrons. The molecule has 1 saturated carbocycles. The summed E-state index contributed by atoms with van der Waals surface area (Å²) in [5, 5.41) is 17.2. The monoisotopic (exact) mass is 232 g/mol.